The van der Waals surface area contributed by atoms with Gasteiger partial charge in [0.15, 0.2) is 11.6 Å². The quantitative estimate of drug-likeness (QED) is 0.359. The van der Waals surface area contributed by atoms with Gasteiger partial charge in [-0.1, -0.05) is 58.7 Å². The third-order valence-electron chi connectivity index (χ3n) is 5.37. The predicted octanol–water partition coefficient (Wildman–Crippen LogP) is 5.59. The van der Waals surface area contributed by atoms with Gasteiger partial charge in [-0.3, -0.25) is 14.4 Å². The molecule has 33 heavy (non-hydrogen) atoms. The molecule has 3 heterocycles. The minimum absolute atomic E-state index is 0.170. The van der Waals surface area contributed by atoms with E-state index < -0.39 is 0 Å². The summed E-state index contributed by atoms with van der Waals surface area (Å²) in [5, 5.41) is 13.4. The maximum atomic E-state index is 12.7. The molecule has 0 spiro atoms. The number of thiophene rings is 1. The summed E-state index contributed by atoms with van der Waals surface area (Å²) in [6.45, 7) is 2.75. The Hall–Kier alpha value is -2.81. The summed E-state index contributed by atoms with van der Waals surface area (Å²) in [5.74, 6) is 1.22. The highest BCUT2D eigenvalue weighted by molar-refractivity contribution is 9.10. The summed E-state index contributed by atoms with van der Waals surface area (Å²) in [6, 6.07) is 17.2. The van der Waals surface area contributed by atoms with Crippen LogP contribution in [0.25, 0.3) is 5.00 Å². The van der Waals surface area contributed by atoms with Gasteiger partial charge in [-0.05, 0) is 36.8 Å². The van der Waals surface area contributed by atoms with Crippen molar-refractivity contribution in [1.82, 2.24) is 20.1 Å². The van der Waals surface area contributed by atoms with Crippen molar-refractivity contribution in [1.29, 1.82) is 0 Å². The molecule has 0 saturated heterocycles. The van der Waals surface area contributed by atoms with E-state index in [0.29, 0.717) is 23.0 Å². The highest BCUT2D eigenvalue weighted by Gasteiger charge is 2.26. The molecule has 5 rings (SSSR count). The highest BCUT2D eigenvalue weighted by Crippen LogP contribution is 2.34. The van der Waals surface area contributed by atoms with Gasteiger partial charge in [0.1, 0.15) is 11.5 Å². The van der Waals surface area contributed by atoms with Gasteiger partial charge >= 0.3 is 0 Å². The van der Waals surface area contributed by atoms with Crippen LogP contribution in [0.3, 0.4) is 0 Å². The van der Waals surface area contributed by atoms with Crippen LogP contribution >= 0.6 is 38.9 Å². The van der Waals surface area contributed by atoms with Crippen molar-refractivity contribution < 1.29 is 4.79 Å². The smallest absolute Gasteiger partial charge is 0.251 e. The third kappa shape index (κ3) is 4.26. The van der Waals surface area contributed by atoms with Crippen LogP contribution in [0.4, 0.5) is 0 Å². The Kier molecular flexibility index (Phi) is 6.14. The van der Waals surface area contributed by atoms with E-state index in [4.69, 9.17) is 16.6 Å². The molecule has 0 saturated carbocycles. The van der Waals surface area contributed by atoms with Gasteiger partial charge in [-0.25, -0.2) is 0 Å². The number of amides is 1. The molecule has 4 aromatic rings. The lowest BCUT2D eigenvalue weighted by atomic mass is 10.0. The topological polar surface area (TPSA) is 72.2 Å². The number of benzene rings is 2. The molecule has 0 radical (unpaired) electrons. The normalized spacial score (nSPS) is 12.5. The zero-order valence-corrected chi connectivity index (χ0v) is 20.8. The van der Waals surface area contributed by atoms with Crippen LogP contribution in [0, 0.1) is 0 Å². The number of carbonyl (C=O) groups excluding carboxylic acids is 1. The zero-order chi connectivity index (χ0) is 22.9. The average Bonchev–Trinajstić information content (AvgIpc) is 3.39. The van der Waals surface area contributed by atoms with Crippen molar-refractivity contribution in [2.75, 3.05) is 0 Å². The number of hydrogen-bond donors (Lipinski definition) is 1. The second kappa shape index (κ2) is 9.21. The van der Waals surface area contributed by atoms with Gasteiger partial charge in [0.05, 0.1) is 12.3 Å². The lowest BCUT2D eigenvalue weighted by Crippen LogP contribution is -2.24. The van der Waals surface area contributed by atoms with E-state index in [2.05, 4.69) is 44.4 Å². The van der Waals surface area contributed by atoms with E-state index in [1.54, 1.807) is 23.5 Å². The van der Waals surface area contributed by atoms with E-state index >= 15 is 0 Å². The molecule has 2 aromatic carbocycles. The Morgan fingerprint density at radius 3 is 2.79 bits per heavy atom. The minimum Gasteiger partial charge on any atom is -0.345 e. The van der Waals surface area contributed by atoms with E-state index in [1.165, 1.54) is 4.88 Å². The van der Waals surface area contributed by atoms with Crippen LogP contribution in [-0.2, 0) is 19.5 Å². The average molecular weight is 541 g/mol. The van der Waals surface area contributed by atoms with Gasteiger partial charge < -0.3 is 5.32 Å². The SMILES string of the molecule is CCc1cc2c(s1)-n1c(nnc1CNC(=O)c1cccc(Br)c1)CN=C2c1ccccc1Cl. The fraction of sp³-hybridized carbons (Fsp3) is 0.167. The molecule has 6 nitrogen and oxygen atoms in total. The fourth-order valence-electron chi connectivity index (χ4n) is 3.76. The minimum atomic E-state index is -0.170. The first kappa shape index (κ1) is 22.0. The summed E-state index contributed by atoms with van der Waals surface area (Å²) in [4.78, 5) is 18.8. The summed E-state index contributed by atoms with van der Waals surface area (Å²) < 4.78 is 2.87. The predicted molar refractivity (Wildman–Crippen MR) is 135 cm³/mol. The van der Waals surface area contributed by atoms with E-state index in [9.17, 15) is 4.79 Å². The molecule has 1 N–H and O–H groups in total. The Balaban J connectivity index is 1.51. The zero-order valence-electron chi connectivity index (χ0n) is 17.7. The number of aromatic nitrogens is 3. The molecule has 2 aromatic heterocycles. The Morgan fingerprint density at radius 2 is 2.00 bits per heavy atom. The molecule has 0 unspecified atom stereocenters. The number of nitrogens with one attached hydrogen (secondary N) is 1. The van der Waals surface area contributed by atoms with E-state index in [0.717, 1.165) is 38.6 Å². The molecular formula is C24H19BrClN5OS. The van der Waals surface area contributed by atoms with Crippen molar-refractivity contribution in [3.8, 4) is 5.00 Å². The standard InChI is InChI=1S/C24H19BrClN5OS/c1-2-16-11-18-22(17-8-3-4-9-19(17)26)27-12-20-29-30-21(31(20)24(18)33-16)13-28-23(32)14-6-5-7-15(25)10-14/h3-11H,2,12-13H2,1H3,(H,28,32). The summed E-state index contributed by atoms with van der Waals surface area (Å²) in [7, 11) is 0. The maximum Gasteiger partial charge on any atom is 0.251 e. The first-order valence-corrected chi connectivity index (χ1v) is 12.4. The molecule has 9 heteroatoms. The molecule has 0 bridgehead atoms. The molecule has 1 aliphatic rings. The summed E-state index contributed by atoms with van der Waals surface area (Å²) in [5.41, 5.74) is 3.32. The molecular weight excluding hydrogens is 522 g/mol. The van der Waals surface area contributed by atoms with Crippen molar-refractivity contribution >= 4 is 50.5 Å². The number of halogens is 2. The van der Waals surface area contributed by atoms with Crippen LogP contribution in [0.2, 0.25) is 5.02 Å². The summed E-state index contributed by atoms with van der Waals surface area (Å²) >= 11 is 11.6. The van der Waals surface area contributed by atoms with E-state index in [1.807, 2.05) is 41.0 Å². The molecule has 0 aliphatic carbocycles. The van der Waals surface area contributed by atoms with Crippen LogP contribution in [0.1, 0.15) is 44.9 Å². The first-order chi connectivity index (χ1) is 16.0. The largest absolute Gasteiger partial charge is 0.345 e. The van der Waals surface area contributed by atoms with Crippen molar-refractivity contribution in [3.05, 3.63) is 97.3 Å². The van der Waals surface area contributed by atoms with Crippen molar-refractivity contribution in [2.45, 2.75) is 26.4 Å². The van der Waals surface area contributed by atoms with Gasteiger partial charge in [0.25, 0.3) is 5.91 Å². The van der Waals surface area contributed by atoms with Crippen LogP contribution in [0.15, 0.2) is 64.1 Å². The second-order valence-corrected chi connectivity index (χ2v) is 9.93. The Morgan fingerprint density at radius 1 is 1.15 bits per heavy atom. The highest BCUT2D eigenvalue weighted by atomic mass is 79.9. The first-order valence-electron chi connectivity index (χ1n) is 10.4. The van der Waals surface area contributed by atoms with Gasteiger partial charge in [-0.2, -0.15) is 0 Å². The third-order valence-corrected chi connectivity index (χ3v) is 7.46. The Labute approximate surface area is 208 Å². The molecule has 1 aliphatic heterocycles. The number of fused-ring (bicyclic) bond motifs is 3. The van der Waals surface area contributed by atoms with Crippen LogP contribution in [0.5, 0.6) is 0 Å². The number of rotatable bonds is 5. The van der Waals surface area contributed by atoms with Crippen molar-refractivity contribution in [2.24, 2.45) is 4.99 Å². The summed E-state index contributed by atoms with van der Waals surface area (Å²) in [6.07, 6.45) is 0.903. The van der Waals surface area contributed by atoms with Crippen LogP contribution in [-0.4, -0.2) is 26.4 Å². The number of hydrogen-bond acceptors (Lipinski definition) is 5. The molecule has 0 fully saturated rings. The van der Waals surface area contributed by atoms with Crippen LogP contribution < -0.4 is 5.32 Å². The Bertz CT molecular complexity index is 1390. The van der Waals surface area contributed by atoms with Gasteiger partial charge in [0.2, 0.25) is 0 Å². The number of nitrogens with zero attached hydrogens (tertiary/aromatic N) is 4. The fourth-order valence-corrected chi connectivity index (χ4v) is 5.52. The number of aryl methyl sites for hydroxylation is 1. The molecule has 0 atom stereocenters. The van der Waals surface area contributed by atoms with Gasteiger partial charge in [-0.15, -0.1) is 21.5 Å². The monoisotopic (exact) mass is 539 g/mol. The maximum absolute atomic E-state index is 12.7. The van der Waals surface area contributed by atoms with Gasteiger partial charge in [0, 0.05) is 31.1 Å². The van der Waals surface area contributed by atoms with E-state index in [-0.39, 0.29) is 12.5 Å². The second-order valence-electron chi connectivity index (χ2n) is 7.49. The lowest BCUT2D eigenvalue weighted by Gasteiger charge is -2.10. The molecule has 166 valence electrons. The number of carbonyl (C=O) groups is 1. The lowest BCUT2D eigenvalue weighted by molar-refractivity contribution is 0.0949. The van der Waals surface area contributed by atoms with Crippen molar-refractivity contribution in [3.63, 3.8) is 0 Å². The number of aliphatic imine (C=N–C) groups is 1. The molecule has 1 amide bonds.